The monoisotopic (exact) mass is 367 g/mol. The Balaban J connectivity index is 1.40. The number of rotatable bonds is 3. The van der Waals surface area contributed by atoms with Crippen LogP contribution in [0.2, 0.25) is 0 Å². The Morgan fingerprint density at radius 2 is 1.74 bits per heavy atom. The molecule has 7 nitrogen and oxygen atoms in total. The van der Waals surface area contributed by atoms with Crippen molar-refractivity contribution in [3.8, 4) is 0 Å². The van der Waals surface area contributed by atoms with Gasteiger partial charge < -0.3 is 9.80 Å². The molecule has 2 aliphatic rings. The maximum Gasteiger partial charge on any atom is 0.186 e. The summed E-state index contributed by atoms with van der Waals surface area (Å²) in [6.45, 7) is 6.70. The summed E-state index contributed by atoms with van der Waals surface area (Å²) in [5.74, 6) is 2.41. The number of fused-ring (bicyclic) bond motifs is 1. The highest BCUT2D eigenvalue weighted by Crippen LogP contribution is 2.39. The van der Waals surface area contributed by atoms with E-state index in [4.69, 9.17) is 0 Å². The highest BCUT2D eigenvalue weighted by atomic mass is 19.1. The molecule has 0 unspecified atom stereocenters. The van der Waals surface area contributed by atoms with Crippen LogP contribution in [0.1, 0.15) is 36.0 Å². The van der Waals surface area contributed by atoms with Gasteiger partial charge in [-0.15, -0.1) is 0 Å². The van der Waals surface area contributed by atoms with Gasteiger partial charge >= 0.3 is 0 Å². The van der Waals surface area contributed by atoms with Gasteiger partial charge in [-0.2, -0.15) is 9.61 Å². The summed E-state index contributed by atoms with van der Waals surface area (Å²) in [6, 6.07) is 3.96. The van der Waals surface area contributed by atoms with Gasteiger partial charge in [-0.3, -0.25) is 0 Å². The van der Waals surface area contributed by atoms with Gasteiger partial charge in [0, 0.05) is 49.9 Å². The van der Waals surface area contributed by atoms with Crippen molar-refractivity contribution in [1.29, 1.82) is 0 Å². The third kappa shape index (κ3) is 2.89. The van der Waals surface area contributed by atoms with Gasteiger partial charge in [0.15, 0.2) is 17.3 Å². The lowest BCUT2D eigenvalue weighted by Crippen LogP contribution is -2.48. The molecule has 1 saturated heterocycles. The summed E-state index contributed by atoms with van der Waals surface area (Å²) in [7, 11) is 0. The number of piperazine rings is 1. The fraction of sp³-hybridized carbons (Fsp3) is 0.474. The molecular formula is C19H22FN7. The summed E-state index contributed by atoms with van der Waals surface area (Å²) in [5.41, 5.74) is 2.26. The lowest BCUT2D eigenvalue weighted by atomic mass is 10.2. The topological polar surface area (TPSA) is 62.5 Å². The Morgan fingerprint density at radius 1 is 1.00 bits per heavy atom. The molecule has 0 radical (unpaired) electrons. The predicted molar refractivity (Wildman–Crippen MR) is 101 cm³/mol. The van der Waals surface area contributed by atoms with Crippen molar-refractivity contribution in [2.45, 2.75) is 32.6 Å². The van der Waals surface area contributed by atoms with Crippen molar-refractivity contribution < 1.29 is 4.39 Å². The van der Waals surface area contributed by atoms with Crippen LogP contribution in [0.3, 0.4) is 0 Å². The number of anilines is 2. The summed E-state index contributed by atoms with van der Waals surface area (Å²) in [5, 5.41) is 4.39. The average Bonchev–Trinajstić information content (AvgIpc) is 3.41. The van der Waals surface area contributed by atoms with Crippen molar-refractivity contribution in [1.82, 2.24) is 24.6 Å². The van der Waals surface area contributed by atoms with Crippen molar-refractivity contribution in [2.75, 3.05) is 36.0 Å². The molecule has 0 N–H and O–H groups in total. The van der Waals surface area contributed by atoms with Crippen molar-refractivity contribution in [3.05, 3.63) is 41.4 Å². The standard InChI is InChI=1S/C19H22FN7/c1-12-11-16(27-15(22-12)5-6-21-27)25-7-9-26(10-8-25)19-17(20)13(2)23-18(24-19)14-3-4-14/h5-6,11,14H,3-4,7-10H2,1-2H3. The van der Waals surface area contributed by atoms with Gasteiger partial charge in [0.05, 0.1) is 11.9 Å². The van der Waals surface area contributed by atoms with E-state index in [9.17, 15) is 4.39 Å². The number of halogens is 1. The molecule has 0 bridgehead atoms. The first kappa shape index (κ1) is 16.4. The molecule has 1 aliphatic heterocycles. The third-order valence-electron chi connectivity index (χ3n) is 5.33. The minimum absolute atomic E-state index is 0.290. The number of aromatic nitrogens is 5. The molecule has 8 heteroatoms. The Labute approximate surface area is 156 Å². The molecule has 0 amide bonds. The van der Waals surface area contributed by atoms with Crippen LogP contribution in [0.4, 0.5) is 16.0 Å². The van der Waals surface area contributed by atoms with Gasteiger partial charge in [0.25, 0.3) is 0 Å². The van der Waals surface area contributed by atoms with Gasteiger partial charge in [-0.25, -0.2) is 19.3 Å². The highest BCUT2D eigenvalue weighted by Gasteiger charge is 2.30. The zero-order valence-corrected chi connectivity index (χ0v) is 15.6. The molecule has 1 saturated carbocycles. The molecule has 140 valence electrons. The Kier molecular flexibility index (Phi) is 3.73. The first-order valence-corrected chi connectivity index (χ1v) is 9.45. The fourth-order valence-electron chi connectivity index (χ4n) is 3.69. The van der Waals surface area contributed by atoms with Crippen LogP contribution in [0, 0.1) is 19.7 Å². The minimum Gasteiger partial charge on any atom is -0.353 e. The molecule has 3 aromatic heterocycles. The van der Waals surface area contributed by atoms with Crippen LogP contribution in [0.25, 0.3) is 5.65 Å². The van der Waals surface area contributed by atoms with Gasteiger partial charge in [0.2, 0.25) is 0 Å². The highest BCUT2D eigenvalue weighted by molar-refractivity contribution is 5.52. The maximum atomic E-state index is 14.7. The zero-order chi connectivity index (χ0) is 18.5. The Hall–Kier alpha value is -2.77. The Bertz CT molecular complexity index is 1000. The first-order chi connectivity index (χ1) is 13.1. The van der Waals surface area contributed by atoms with Crippen molar-refractivity contribution >= 4 is 17.3 Å². The van der Waals surface area contributed by atoms with E-state index in [0.29, 0.717) is 30.5 Å². The molecule has 3 aromatic rings. The lowest BCUT2D eigenvalue weighted by molar-refractivity contribution is 0.567. The van der Waals surface area contributed by atoms with Crippen molar-refractivity contribution in [3.63, 3.8) is 0 Å². The first-order valence-electron chi connectivity index (χ1n) is 9.45. The predicted octanol–water partition coefficient (Wildman–Crippen LogP) is 2.48. The van der Waals surface area contributed by atoms with E-state index >= 15 is 0 Å². The van der Waals surface area contributed by atoms with E-state index in [1.54, 1.807) is 13.1 Å². The molecule has 0 aromatic carbocycles. The summed E-state index contributed by atoms with van der Waals surface area (Å²) < 4.78 is 16.6. The Morgan fingerprint density at radius 3 is 2.48 bits per heavy atom. The number of nitrogens with zero attached hydrogens (tertiary/aromatic N) is 7. The largest absolute Gasteiger partial charge is 0.353 e. The molecule has 0 atom stereocenters. The molecule has 27 heavy (non-hydrogen) atoms. The molecule has 0 spiro atoms. The normalized spacial score (nSPS) is 17.7. The molecule has 5 rings (SSSR count). The van der Waals surface area contributed by atoms with E-state index in [-0.39, 0.29) is 5.82 Å². The molecule has 1 aliphatic carbocycles. The van der Waals surface area contributed by atoms with Gasteiger partial charge in [-0.1, -0.05) is 0 Å². The average molecular weight is 367 g/mol. The van der Waals surface area contributed by atoms with Crippen LogP contribution >= 0.6 is 0 Å². The summed E-state index contributed by atoms with van der Waals surface area (Å²) in [6.07, 6.45) is 3.99. The minimum atomic E-state index is -0.290. The number of hydrogen-bond acceptors (Lipinski definition) is 6. The van der Waals surface area contributed by atoms with Crippen molar-refractivity contribution in [2.24, 2.45) is 0 Å². The van der Waals surface area contributed by atoms with Crippen LogP contribution in [0.5, 0.6) is 0 Å². The maximum absolute atomic E-state index is 14.7. The quantitative estimate of drug-likeness (QED) is 0.709. The van der Waals surface area contributed by atoms with E-state index in [2.05, 4.69) is 31.0 Å². The van der Waals surface area contributed by atoms with E-state index in [0.717, 1.165) is 48.9 Å². The summed E-state index contributed by atoms with van der Waals surface area (Å²) >= 11 is 0. The second-order valence-electron chi connectivity index (χ2n) is 7.41. The van der Waals surface area contributed by atoms with Crippen LogP contribution in [0.15, 0.2) is 18.3 Å². The second kappa shape index (κ2) is 6.14. The van der Waals surface area contributed by atoms with E-state index < -0.39 is 0 Å². The number of hydrogen-bond donors (Lipinski definition) is 0. The molecule has 2 fully saturated rings. The lowest BCUT2D eigenvalue weighted by Gasteiger charge is -2.36. The van der Waals surface area contributed by atoms with E-state index in [1.165, 1.54) is 0 Å². The smallest absolute Gasteiger partial charge is 0.186 e. The molecular weight excluding hydrogens is 345 g/mol. The fourth-order valence-corrected chi connectivity index (χ4v) is 3.69. The van der Waals surface area contributed by atoms with Gasteiger partial charge in [-0.05, 0) is 26.7 Å². The SMILES string of the molecule is Cc1cc(N2CCN(c3nc(C4CC4)nc(C)c3F)CC2)n2nccc2n1. The van der Waals surface area contributed by atoms with Crippen LogP contribution in [-0.2, 0) is 0 Å². The third-order valence-corrected chi connectivity index (χ3v) is 5.33. The van der Waals surface area contributed by atoms with Crippen LogP contribution < -0.4 is 9.80 Å². The second-order valence-corrected chi connectivity index (χ2v) is 7.41. The molecule has 4 heterocycles. The van der Waals surface area contributed by atoms with Gasteiger partial charge in [0.1, 0.15) is 11.6 Å². The van der Waals surface area contributed by atoms with Crippen LogP contribution in [-0.4, -0.2) is 50.7 Å². The summed E-state index contributed by atoms with van der Waals surface area (Å²) in [4.78, 5) is 17.7. The van der Waals surface area contributed by atoms with E-state index in [1.807, 2.05) is 22.4 Å². The zero-order valence-electron chi connectivity index (χ0n) is 15.6. The number of aryl methyl sites for hydroxylation is 2.